The maximum Gasteiger partial charge on any atom is -0.0000483 e. The van der Waals surface area contributed by atoms with Crippen molar-refractivity contribution in [2.45, 2.75) is 146 Å². The number of hydrogen-bond acceptors (Lipinski definition) is 0. The average molecular weight is 983 g/mol. The van der Waals surface area contributed by atoms with Crippen LogP contribution in [0.25, 0.3) is 152 Å². The van der Waals surface area contributed by atoms with Crippen LogP contribution in [0.4, 0.5) is 0 Å². The van der Waals surface area contributed by atoms with Gasteiger partial charge in [0.1, 0.15) is 0 Å². The second-order valence-corrected chi connectivity index (χ2v) is 28.4. The Morgan fingerprint density at radius 2 is 0.395 bits per heavy atom. The summed E-state index contributed by atoms with van der Waals surface area (Å²) in [6, 6.07) is 40.8. The third-order valence-electron chi connectivity index (χ3n) is 19.0. The molecular formula is C76H70. The van der Waals surface area contributed by atoms with Crippen LogP contribution in [-0.4, -0.2) is 0 Å². The molecule has 0 aliphatic carbocycles. The van der Waals surface area contributed by atoms with Crippen LogP contribution < -0.4 is 0 Å². The lowest BCUT2D eigenvalue weighted by molar-refractivity contribution is 0.591. The Kier molecular flexibility index (Phi) is 8.60. The van der Waals surface area contributed by atoms with Gasteiger partial charge in [-0.15, -0.1) is 0 Å². The van der Waals surface area contributed by atoms with Crippen molar-refractivity contribution in [3.8, 4) is 22.3 Å². The molecule has 15 rings (SSSR count). The molecule has 0 heteroatoms. The first-order valence-corrected chi connectivity index (χ1v) is 28.2. The lowest BCUT2D eigenvalue weighted by Gasteiger charge is -2.32. The van der Waals surface area contributed by atoms with E-state index in [-0.39, 0.29) is 21.7 Å². The highest BCUT2D eigenvalue weighted by atomic mass is 14.4. The Morgan fingerprint density at radius 3 is 0.605 bits per heavy atom. The van der Waals surface area contributed by atoms with Crippen molar-refractivity contribution < 1.29 is 0 Å². The van der Waals surface area contributed by atoms with Gasteiger partial charge in [0.05, 0.1) is 0 Å². The molecule has 0 heterocycles. The molecule has 0 saturated heterocycles. The largest absolute Gasteiger partial charge is 0.0561 e. The monoisotopic (exact) mass is 983 g/mol. The van der Waals surface area contributed by atoms with E-state index in [4.69, 9.17) is 0 Å². The van der Waals surface area contributed by atoms with Crippen LogP contribution >= 0.6 is 0 Å². The average Bonchev–Trinajstić information content (AvgIpc) is 3.03. The number of benzene rings is 15. The van der Waals surface area contributed by atoms with E-state index in [1.54, 1.807) is 0 Å². The molecule has 0 amide bonds. The summed E-state index contributed by atoms with van der Waals surface area (Å²) >= 11 is 0. The van der Waals surface area contributed by atoms with Crippen molar-refractivity contribution in [2.24, 2.45) is 0 Å². The predicted molar refractivity (Wildman–Crippen MR) is 338 cm³/mol. The van der Waals surface area contributed by atoms with Gasteiger partial charge in [-0.05, 0) is 308 Å². The van der Waals surface area contributed by atoms with E-state index in [1.165, 1.54) is 207 Å². The van der Waals surface area contributed by atoms with Crippen molar-refractivity contribution in [2.75, 3.05) is 0 Å². The van der Waals surface area contributed by atoms with E-state index in [0.29, 0.717) is 0 Å². The van der Waals surface area contributed by atoms with Gasteiger partial charge in [0.25, 0.3) is 0 Å². The topological polar surface area (TPSA) is 0 Å². The fourth-order valence-corrected chi connectivity index (χ4v) is 15.6. The van der Waals surface area contributed by atoms with Crippen molar-refractivity contribution in [1.29, 1.82) is 0 Å². The van der Waals surface area contributed by atoms with Crippen LogP contribution in [-0.2, 0) is 21.7 Å². The minimum atomic E-state index is -0.0861. The standard InChI is InChI=1S/C76H70/c1-35-23-37(3)57(38(4)24-35)63-53-31-41(73(7,8)9)27-49-45-19-21-47-51-29-43(75(13,14)15)33-55-61(51)70-62-52(30-44(76(16,17)18)34-56(62)64(55)58-39(5)25-36(2)26-40(58)6)48-22-20-46-50-28-42(74(10,11)12)32-54(63)60(50)69(59(49)53)71-65(45)67(47)72(70)68(48)66(46)71/h19-34H,1-18H3. The first-order chi connectivity index (χ1) is 35.7. The Morgan fingerprint density at radius 1 is 0.197 bits per heavy atom. The van der Waals surface area contributed by atoms with Gasteiger partial charge >= 0.3 is 0 Å². The van der Waals surface area contributed by atoms with E-state index >= 15 is 0 Å². The smallest absolute Gasteiger partial charge is 0.0000483 e. The second-order valence-electron chi connectivity index (χ2n) is 28.4. The molecule has 0 aliphatic rings. The van der Waals surface area contributed by atoms with Crippen molar-refractivity contribution in [1.82, 2.24) is 0 Å². The van der Waals surface area contributed by atoms with Gasteiger partial charge in [-0.3, -0.25) is 0 Å². The van der Waals surface area contributed by atoms with Crippen LogP contribution in [0.2, 0.25) is 0 Å². The summed E-state index contributed by atoms with van der Waals surface area (Å²) in [6.45, 7) is 42.9. The molecule has 0 atom stereocenters. The van der Waals surface area contributed by atoms with Crippen LogP contribution in [0.3, 0.4) is 0 Å². The van der Waals surface area contributed by atoms with Crippen LogP contribution in [0, 0.1) is 41.5 Å². The van der Waals surface area contributed by atoms with E-state index < -0.39 is 0 Å². The molecule has 0 fully saturated rings. The molecule has 0 nitrogen and oxygen atoms in total. The molecule has 15 aromatic carbocycles. The molecule has 0 bridgehead atoms. The third kappa shape index (κ3) is 5.66. The van der Waals surface area contributed by atoms with Crippen LogP contribution in [0.1, 0.15) is 139 Å². The summed E-state index contributed by atoms with van der Waals surface area (Å²) in [7, 11) is 0. The number of hydrogen-bond donors (Lipinski definition) is 0. The van der Waals surface area contributed by atoms with Gasteiger partial charge in [0, 0.05) is 0 Å². The van der Waals surface area contributed by atoms with Crippen LogP contribution in [0.5, 0.6) is 0 Å². The van der Waals surface area contributed by atoms with Gasteiger partial charge in [0.2, 0.25) is 0 Å². The fourth-order valence-electron chi connectivity index (χ4n) is 15.6. The van der Waals surface area contributed by atoms with Gasteiger partial charge in [-0.25, -0.2) is 0 Å². The lowest BCUT2D eigenvalue weighted by Crippen LogP contribution is -2.13. The van der Waals surface area contributed by atoms with E-state index in [2.05, 4.69) is 222 Å². The molecular weight excluding hydrogens is 913 g/mol. The number of fused-ring (bicyclic) bond motifs is 4. The zero-order valence-electron chi connectivity index (χ0n) is 48.2. The molecule has 374 valence electrons. The molecule has 15 aromatic rings. The maximum atomic E-state index is 2.62. The van der Waals surface area contributed by atoms with Crippen molar-refractivity contribution >= 4 is 129 Å². The number of aryl methyl sites for hydroxylation is 6. The quantitative estimate of drug-likeness (QED) is 0.120. The van der Waals surface area contributed by atoms with Gasteiger partial charge < -0.3 is 0 Å². The Labute approximate surface area is 448 Å². The maximum absolute atomic E-state index is 2.62. The molecule has 0 aliphatic heterocycles. The summed E-state index contributed by atoms with van der Waals surface area (Å²) < 4.78 is 0. The SMILES string of the molecule is Cc1cc(C)c(-c2c3cc(C(C)(C)C)cc4c5ccc6c7cc(C(C)(C)C)cc8c(-c9c(C)cc(C)cc9C)c9cc(C(C)(C)C)cc%10c%11ccc%12c%13cc(C(C)(C)C)cc2c%13c(c34)c2c5c6c(c%11c%122)c(c87)c9%10)c(C)c1. The van der Waals surface area contributed by atoms with E-state index in [9.17, 15) is 0 Å². The molecule has 0 spiro atoms. The zero-order chi connectivity index (χ0) is 53.3. The first kappa shape index (κ1) is 46.3. The van der Waals surface area contributed by atoms with Crippen LogP contribution in [0.15, 0.2) is 97.1 Å². The Balaban J connectivity index is 1.32. The highest BCUT2D eigenvalue weighted by molar-refractivity contribution is 6.59. The van der Waals surface area contributed by atoms with E-state index in [0.717, 1.165) is 0 Å². The molecule has 0 unspecified atom stereocenters. The fraction of sp³-hybridized carbons (Fsp3) is 0.289. The summed E-state index contributed by atoms with van der Waals surface area (Å²) in [5.74, 6) is 0. The highest BCUT2D eigenvalue weighted by Crippen LogP contribution is 2.62. The Hall–Kier alpha value is -7.02. The summed E-state index contributed by atoms with van der Waals surface area (Å²) in [6.07, 6.45) is 0. The lowest BCUT2D eigenvalue weighted by atomic mass is 9.70. The van der Waals surface area contributed by atoms with Gasteiger partial charge in [-0.2, -0.15) is 0 Å². The van der Waals surface area contributed by atoms with Crippen molar-refractivity contribution in [3.63, 3.8) is 0 Å². The zero-order valence-corrected chi connectivity index (χ0v) is 48.2. The summed E-state index contributed by atoms with van der Waals surface area (Å²) in [5, 5.41) is 33.8. The molecule has 0 N–H and O–H groups in total. The normalized spacial score (nSPS) is 13.9. The Bertz CT molecular complexity index is 4420. The van der Waals surface area contributed by atoms with Crippen molar-refractivity contribution in [3.05, 3.63) is 153 Å². The van der Waals surface area contributed by atoms with Gasteiger partial charge in [-0.1, -0.05) is 143 Å². The molecule has 0 aromatic heterocycles. The molecule has 76 heavy (non-hydrogen) atoms. The number of rotatable bonds is 2. The summed E-state index contributed by atoms with van der Waals surface area (Å²) in [5.41, 5.74) is 18.8. The molecule has 0 radical (unpaired) electrons. The molecule has 0 saturated carbocycles. The predicted octanol–water partition coefficient (Wildman–Crippen LogP) is 22.5. The van der Waals surface area contributed by atoms with Gasteiger partial charge in [0.15, 0.2) is 0 Å². The second kappa shape index (κ2) is 14.1. The van der Waals surface area contributed by atoms with E-state index in [1.807, 2.05) is 0 Å². The third-order valence-corrected chi connectivity index (χ3v) is 19.0. The summed E-state index contributed by atoms with van der Waals surface area (Å²) in [4.78, 5) is 0. The minimum absolute atomic E-state index is 0.0861. The first-order valence-electron chi connectivity index (χ1n) is 28.2. The highest BCUT2D eigenvalue weighted by Gasteiger charge is 2.35. The minimum Gasteiger partial charge on any atom is -0.0561 e.